The van der Waals surface area contributed by atoms with Crippen LogP contribution in [0.15, 0.2) is 64.9 Å². The van der Waals surface area contributed by atoms with E-state index in [0.29, 0.717) is 30.0 Å². The second-order valence-electron chi connectivity index (χ2n) is 22.9. The number of amides is 1. The van der Waals surface area contributed by atoms with Crippen LogP contribution in [0.25, 0.3) is 27.4 Å². The maximum atomic E-state index is 14.9. The Morgan fingerprint density at radius 3 is 2.19 bits per heavy atom. The normalized spacial score (nSPS) is 27.7. The van der Waals surface area contributed by atoms with Crippen LogP contribution in [-0.4, -0.2) is 160 Å². The Bertz CT molecular complexity index is 3410. The molecule has 1 amide bonds. The van der Waals surface area contributed by atoms with E-state index in [1.165, 1.54) is 72.6 Å². The number of carbonyl (C=O) groups is 3. The van der Waals surface area contributed by atoms with Crippen molar-refractivity contribution in [3.05, 3.63) is 93.3 Å². The summed E-state index contributed by atoms with van der Waals surface area (Å²) in [5.74, 6) is -8.71. The predicted octanol–water partition coefficient (Wildman–Crippen LogP) is 7.95. The van der Waals surface area contributed by atoms with Crippen LogP contribution in [0.4, 0.5) is 15.8 Å². The van der Waals surface area contributed by atoms with Gasteiger partial charge in [-0.25, -0.2) is 4.39 Å². The highest BCUT2D eigenvalue weighted by Gasteiger charge is 2.50. The summed E-state index contributed by atoms with van der Waals surface area (Å²) in [5.41, 5.74) is 0.358. The van der Waals surface area contributed by atoms with Crippen LogP contribution < -0.4 is 25.1 Å². The van der Waals surface area contributed by atoms with Crippen molar-refractivity contribution in [2.75, 3.05) is 70.8 Å². The molecule has 0 unspecified atom stereocenters. The van der Waals surface area contributed by atoms with Gasteiger partial charge in [-0.2, -0.15) is 5.10 Å². The summed E-state index contributed by atoms with van der Waals surface area (Å²) in [6.45, 7) is 20.1. The van der Waals surface area contributed by atoms with E-state index in [1.807, 2.05) is 16.5 Å². The Morgan fingerprint density at radius 1 is 0.917 bits per heavy atom. The van der Waals surface area contributed by atoms with E-state index in [9.17, 15) is 54.2 Å². The summed E-state index contributed by atoms with van der Waals surface area (Å²) in [5, 5.41) is 76.8. The first-order valence-corrected chi connectivity index (χ1v) is 28.4. The second-order valence-corrected chi connectivity index (χ2v) is 22.9. The zero-order valence-electron chi connectivity index (χ0n) is 49.6. The molecular weight excluding hydrogens is 1090 g/mol. The van der Waals surface area contributed by atoms with Gasteiger partial charge in [-0.15, -0.1) is 0 Å². The Hall–Kier alpha value is -7.66. The lowest BCUT2D eigenvalue weighted by molar-refractivity contribution is -0.160. The average Bonchev–Trinajstić information content (AvgIpc) is 1.51. The number of halogens is 1. The van der Waals surface area contributed by atoms with Crippen molar-refractivity contribution in [2.24, 2.45) is 28.8 Å². The Morgan fingerprint density at radius 2 is 1.58 bits per heavy atom. The molecule has 3 fully saturated rings. The number of ketones is 1. The molecule has 5 aliphatic heterocycles. The number of pyridine rings is 1. The molecule has 5 bridgehead atoms. The Labute approximate surface area is 487 Å². The van der Waals surface area contributed by atoms with Gasteiger partial charge in [0.1, 0.15) is 34.8 Å². The summed E-state index contributed by atoms with van der Waals surface area (Å²) in [6, 6.07) is 1.51. The van der Waals surface area contributed by atoms with Gasteiger partial charge in [-0.05, 0) is 58.7 Å². The number of aliphatic hydroxyl groups is 3. The number of benzene rings is 3. The number of hydrogen-bond donors (Lipinski definition) is 7. The fourth-order valence-corrected chi connectivity index (χ4v) is 11.6. The fourth-order valence-electron chi connectivity index (χ4n) is 11.6. The molecule has 2 saturated heterocycles. The number of ether oxygens (including phenoxy) is 5. The number of nitrogens with one attached hydrogen (secondary N) is 1. The highest BCUT2D eigenvalue weighted by atomic mass is 19.1. The molecule has 0 radical (unpaired) electrons. The van der Waals surface area contributed by atoms with Crippen molar-refractivity contribution in [3.8, 4) is 28.7 Å². The monoisotopic (exact) mass is 1170 g/mol. The lowest BCUT2D eigenvalue weighted by Gasteiger charge is -2.38. The lowest BCUT2D eigenvalue weighted by atomic mass is 9.78. The van der Waals surface area contributed by atoms with Gasteiger partial charge in [0.05, 0.1) is 76.6 Å². The number of allylic oxidation sites excluding steroid dienone is 2. The van der Waals surface area contributed by atoms with Gasteiger partial charge < -0.3 is 74.0 Å². The number of phenolic OH excluding ortho intramolecular Hbond substituents is 3. The lowest BCUT2D eigenvalue weighted by Crippen LogP contribution is -2.46. The molecular formula is C62H79FN6O15. The van der Waals surface area contributed by atoms with Gasteiger partial charge in [-0.3, -0.25) is 24.2 Å². The number of fused-ring (bicyclic) bond motifs is 15. The van der Waals surface area contributed by atoms with E-state index < -0.39 is 100 Å². The molecule has 10 rings (SSSR count). The van der Waals surface area contributed by atoms with Gasteiger partial charge in [0.25, 0.3) is 11.7 Å². The maximum absolute atomic E-state index is 14.9. The first-order chi connectivity index (χ1) is 39.8. The van der Waals surface area contributed by atoms with Crippen LogP contribution in [0.2, 0.25) is 0 Å². The van der Waals surface area contributed by atoms with E-state index >= 15 is 0 Å². The van der Waals surface area contributed by atoms with Gasteiger partial charge in [-0.1, -0.05) is 52.5 Å². The third-order valence-corrected chi connectivity index (χ3v) is 16.9. The summed E-state index contributed by atoms with van der Waals surface area (Å²) >= 11 is 0. The van der Waals surface area contributed by atoms with E-state index in [4.69, 9.17) is 23.7 Å². The van der Waals surface area contributed by atoms with Gasteiger partial charge in [0.15, 0.2) is 17.3 Å². The Balaban J connectivity index is 0.000000303. The number of anilines is 2. The molecule has 4 aromatic rings. The summed E-state index contributed by atoms with van der Waals surface area (Å²) < 4.78 is 46.1. The molecule has 22 heteroatoms. The van der Waals surface area contributed by atoms with Crippen LogP contribution in [0, 0.1) is 36.4 Å². The number of hydrazone groups is 1. The number of hydrogen-bond acceptors (Lipinski definition) is 19. The molecule has 1 aliphatic carbocycles. The fraction of sp³-hybridized carbons (Fsp3) is 0.500. The van der Waals surface area contributed by atoms with Gasteiger partial charge >= 0.3 is 11.8 Å². The van der Waals surface area contributed by atoms with Crippen LogP contribution in [0.1, 0.15) is 107 Å². The molecule has 84 heavy (non-hydrogen) atoms. The quantitative estimate of drug-likeness (QED) is 0.0290. The number of phenols is 3. The molecule has 454 valence electrons. The smallest absolute Gasteiger partial charge is 0.312 e. The largest absolute Gasteiger partial charge is 0.508 e. The average molecular weight is 1170 g/mol. The van der Waals surface area contributed by atoms with Gasteiger partial charge in [0, 0.05) is 113 Å². The van der Waals surface area contributed by atoms with Gasteiger partial charge in [0.2, 0.25) is 5.43 Å². The van der Waals surface area contributed by atoms with Crippen molar-refractivity contribution in [1.82, 2.24) is 14.5 Å². The van der Waals surface area contributed by atoms with Crippen molar-refractivity contribution in [2.45, 2.75) is 117 Å². The standard InChI is InChI=1S/C43H58N4O12.C19H21FN2O3/c1-21-12-11-13-22(2)42(55)45-33-28(20-44-47-17-15-46(9)16-18-47)37(52)30-31(38(33)53)36(51)26(6)40-32(30)41(54)43(8,59-40)57-19-14-29(56-10)23(3)39(58-27(7)48)25(5)35(50)24(4)34(21)49;1-11(23)14-10-22(12-5-6-12)16-13(18(14)24)9-15(20)17(19(16)25-2)21-7-3-4-8-21/h11-14,19-21,23-25,29,34-35,39,49-53H,15-18H2,1-10H3,(H,45,55);9-10,12,23H,1,3-8H2,2H3/b12-11+,19-14+,22-13-,44-20-;/t21-,23+,24+,25+,29-,34-,35+,39+,43-;/m0./s1. The summed E-state index contributed by atoms with van der Waals surface area (Å²) in [7, 11) is 4.93. The number of Topliss-reactive ketones (excluding diaryl/α,β-unsaturated/α-hetero) is 1. The SMILES string of the molecule is C=C(O)c1cn(C2CC2)c2c(OC)c(N3CCCC3)c(F)cc2c1=O.CO[C@H]1/C=C/O[C@@]2(C)Oc3c(C)c(O)c4c(O)c(c(/C=N\N5CCN(C)CC5)c(O)c4c3C2=O)NC(=O)/C(C)=C\C=C\[C@H](C)[C@H](O)[C@@H](C)[C@@H](O)[C@@H](C)[C@H](OC(C)=O)[C@@H]1C. The number of rotatable bonds is 8. The minimum Gasteiger partial charge on any atom is -0.508 e. The Kier molecular flexibility index (Phi) is 18.8. The van der Waals surface area contributed by atoms with Crippen LogP contribution in [0.5, 0.6) is 28.7 Å². The zero-order chi connectivity index (χ0) is 61.4. The number of methoxy groups -OCH3 is 2. The van der Waals surface area contributed by atoms with Crippen LogP contribution >= 0.6 is 0 Å². The number of nitrogens with zero attached hydrogens (tertiary/aromatic N) is 5. The van der Waals surface area contributed by atoms with Crippen molar-refractivity contribution in [1.29, 1.82) is 0 Å². The first kappa shape index (κ1) is 62.4. The second kappa shape index (κ2) is 25.3. The van der Waals surface area contributed by atoms with Crippen LogP contribution in [0.3, 0.4) is 0 Å². The number of aromatic nitrogens is 1. The minimum absolute atomic E-state index is 0.0559. The highest BCUT2D eigenvalue weighted by molar-refractivity contribution is 6.24. The third kappa shape index (κ3) is 12.2. The highest BCUT2D eigenvalue weighted by Crippen LogP contribution is 2.55. The number of aliphatic hydroxyl groups excluding tert-OH is 3. The molecule has 1 saturated carbocycles. The minimum atomic E-state index is -2.04. The van der Waals surface area contributed by atoms with Crippen molar-refractivity contribution >= 4 is 62.7 Å². The molecule has 21 nitrogen and oxygen atoms in total. The third-order valence-electron chi connectivity index (χ3n) is 16.9. The molecule has 6 heterocycles. The van der Waals surface area contributed by atoms with Crippen molar-refractivity contribution in [3.63, 3.8) is 0 Å². The van der Waals surface area contributed by atoms with E-state index in [0.717, 1.165) is 51.9 Å². The number of likely N-dealkylation sites (N-methyl/N-ethyl adjacent to an activating group) is 1. The number of esters is 1. The number of piperazine rings is 1. The predicted molar refractivity (Wildman–Crippen MR) is 317 cm³/mol. The molecule has 1 aromatic heterocycles. The summed E-state index contributed by atoms with van der Waals surface area (Å²) in [6.07, 6.45) is 10.5. The van der Waals surface area contributed by atoms with E-state index in [1.54, 1.807) is 51.1 Å². The zero-order valence-corrected chi connectivity index (χ0v) is 49.6. The number of carbonyl (C=O) groups excluding carboxylic acids is 3. The topological polar surface area (TPSA) is 275 Å². The first-order valence-electron chi connectivity index (χ1n) is 28.4. The number of aromatic hydroxyl groups is 3. The van der Waals surface area contributed by atoms with E-state index in [2.05, 4.69) is 21.9 Å². The molecule has 0 spiro atoms. The van der Waals surface area contributed by atoms with Crippen molar-refractivity contribution < 1.29 is 73.1 Å². The molecule has 3 aromatic carbocycles. The molecule has 7 N–H and O–H groups in total. The van der Waals surface area contributed by atoms with Crippen LogP contribution in [-0.2, 0) is 23.8 Å². The molecule has 6 aliphatic rings. The maximum Gasteiger partial charge on any atom is 0.312 e. The summed E-state index contributed by atoms with van der Waals surface area (Å²) in [4.78, 5) is 57.4. The van der Waals surface area contributed by atoms with E-state index in [-0.39, 0.29) is 67.2 Å². The molecule has 9 atom stereocenters.